The first-order valence-corrected chi connectivity index (χ1v) is 5.09. The Balaban J connectivity index is 2.25. The van der Waals surface area contributed by atoms with Crippen LogP contribution in [0.4, 0.5) is 0 Å². The molecule has 0 saturated heterocycles. The number of aromatic nitrogens is 1. The van der Waals surface area contributed by atoms with Gasteiger partial charge >= 0.3 is 0 Å². The van der Waals surface area contributed by atoms with E-state index in [1.807, 2.05) is 31.2 Å². The lowest BCUT2D eigenvalue weighted by Gasteiger charge is -2.02. The number of hydrogen-bond acceptors (Lipinski definition) is 2. The molecule has 0 aliphatic heterocycles. The molecular formula is C12H16N2O. The number of rotatable bonds is 5. The molecule has 0 atom stereocenters. The second-order valence-corrected chi connectivity index (χ2v) is 3.24. The van der Waals surface area contributed by atoms with Crippen LogP contribution in [0, 0.1) is 0 Å². The molecule has 0 aliphatic carbocycles. The Hall–Kier alpha value is -1.64. The molecule has 15 heavy (non-hydrogen) atoms. The fourth-order valence-corrected chi connectivity index (χ4v) is 1.21. The third-order valence-corrected chi connectivity index (χ3v) is 1.98. The van der Waals surface area contributed by atoms with Gasteiger partial charge in [-0.2, -0.15) is 0 Å². The van der Waals surface area contributed by atoms with Crippen LogP contribution in [-0.2, 0) is 11.2 Å². The molecule has 0 aromatic carbocycles. The second kappa shape index (κ2) is 6.76. The Morgan fingerprint density at radius 1 is 1.47 bits per heavy atom. The van der Waals surface area contributed by atoms with E-state index < -0.39 is 0 Å². The lowest BCUT2D eigenvalue weighted by Crippen LogP contribution is -2.25. The highest BCUT2D eigenvalue weighted by atomic mass is 16.1. The van der Waals surface area contributed by atoms with Gasteiger partial charge in [-0.25, -0.2) is 0 Å². The van der Waals surface area contributed by atoms with Crippen molar-refractivity contribution in [3.63, 3.8) is 0 Å². The summed E-state index contributed by atoms with van der Waals surface area (Å²) < 4.78 is 0. The zero-order valence-corrected chi connectivity index (χ0v) is 8.94. The lowest BCUT2D eigenvalue weighted by atomic mass is 10.2. The summed E-state index contributed by atoms with van der Waals surface area (Å²) in [5.41, 5.74) is 0.994. The highest BCUT2D eigenvalue weighted by Gasteiger charge is 2.00. The maximum Gasteiger partial charge on any atom is 0.224 e. The first-order valence-electron chi connectivity index (χ1n) is 5.09. The van der Waals surface area contributed by atoms with E-state index in [4.69, 9.17) is 0 Å². The van der Waals surface area contributed by atoms with Gasteiger partial charge in [-0.05, 0) is 31.0 Å². The number of allylic oxidation sites excluding steroid dienone is 1. The summed E-state index contributed by atoms with van der Waals surface area (Å²) in [4.78, 5) is 15.3. The summed E-state index contributed by atoms with van der Waals surface area (Å²) in [6.07, 6.45) is 8.73. The summed E-state index contributed by atoms with van der Waals surface area (Å²) in [5, 5.41) is 2.86. The fourth-order valence-electron chi connectivity index (χ4n) is 1.21. The molecule has 1 amide bonds. The molecular weight excluding hydrogens is 188 g/mol. The summed E-state index contributed by atoms with van der Waals surface area (Å²) >= 11 is 0. The first kappa shape index (κ1) is 11.4. The maximum absolute atomic E-state index is 11.4. The van der Waals surface area contributed by atoms with E-state index in [0.29, 0.717) is 13.0 Å². The van der Waals surface area contributed by atoms with Crippen LogP contribution in [0.5, 0.6) is 0 Å². The van der Waals surface area contributed by atoms with Gasteiger partial charge in [-0.15, -0.1) is 0 Å². The predicted octanol–water partition coefficient (Wildman–Crippen LogP) is 1.71. The van der Waals surface area contributed by atoms with Gasteiger partial charge in [-0.1, -0.05) is 12.2 Å². The molecule has 1 N–H and O–H groups in total. The molecule has 0 spiro atoms. The first-order chi connectivity index (χ1) is 7.33. The third kappa shape index (κ3) is 4.96. The van der Waals surface area contributed by atoms with Crippen molar-refractivity contribution in [2.24, 2.45) is 0 Å². The van der Waals surface area contributed by atoms with Gasteiger partial charge in [0, 0.05) is 18.9 Å². The van der Waals surface area contributed by atoms with Gasteiger partial charge in [0.15, 0.2) is 0 Å². The Morgan fingerprint density at radius 2 is 2.20 bits per heavy atom. The van der Waals surface area contributed by atoms with Crippen molar-refractivity contribution in [1.82, 2.24) is 10.3 Å². The minimum absolute atomic E-state index is 0.0608. The minimum atomic E-state index is 0.0608. The maximum atomic E-state index is 11.4. The SMILES string of the molecule is C/C=C/CCNC(=O)Cc1ccncc1. The third-order valence-electron chi connectivity index (χ3n) is 1.98. The Kier molecular flexibility index (Phi) is 5.15. The zero-order valence-electron chi connectivity index (χ0n) is 8.94. The highest BCUT2D eigenvalue weighted by molar-refractivity contribution is 5.78. The van der Waals surface area contributed by atoms with Gasteiger partial charge in [0.1, 0.15) is 0 Å². The van der Waals surface area contributed by atoms with Crippen molar-refractivity contribution in [2.75, 3.05) is 6.54 Å². The standard InChI is InChI=1S/C12H16N2O/c1-2-3-4-7-14-12(15)10-11-5-8-13-9-6-11/h2-3,5-6,8-9H,4,7,10H2,1H3,(H,14,15)/b3-2+. The van der Waals surface area contributed by atoms with Crippen molar-refractivity contribution in [3.8, 4) is 0 Å². The number of nitrogens with zero attached hydrogens (tertiary/aromatic N) is 1. The number of carbonyl (C=O) groups is 1. The van der Waals surface area contributed by atoms with Crippen LogP contribution in [0.2, 0.25) is 0 Å². The largest absolute Gasteiger partial charge is 0.356 e. The average Bonchev–Trinajstić information content (AvgIpc) is 2.26. The Bertz CT molecular complexity index is 320. The van der Waals surface area contributed by atoms with Gasteiger partial charge < -0.3 is 5.32 Å². The number of nitrogens with one attached hydrogen (secondary N) is 1. The lowest BCUT2D eigenvalue weighted by molar-refractivity contribution is -0.120. The van der Waals surface area contributed by atoms with Crippen LogP contribution in [0.25, 0.3) is 0 Å². The molecule has 80 valence electrons. The Morgan fingerprint density at radius 3 is 2.87 bits per heavy atom. The van der Waals surface area contributed by atoms with E-state index in [1.165, 1.54) is 0 Å². The fraction of sp³-hybridized carbons (Fsp3) is 0.333. The molecule has 0 bridgehead atoms. The van der Waals surface area contributed by atoms with E-state index in [2.05, 4.69) is 10.3 Å². The zero-order chi connectivity index (χ0) is 10.9. The van der Waals surface area contributed by atoms with Crippen LogP contribution in [-0.4, -0.2) is 17.4 Å². The van der Waals surface area contributed by atoms with Gasteiger partial charge in [0.05, 0.1) is 6.42 Å². The van der Waals surface area contributed by atoms with Crippen molar-refractivity contribution >= 4 is 5.91 Å². The Labute approximate surface area is 90.2 Å². The molecule has 1 heterocycles. The summed E-state index contributed by atoms with van der Waals surface area (Å²) in [7, 11) is 0. The van der Waals surface area contributed by atoms with E-state index in [1.54, 1.807) is 12.4 Å². The smallest absolute Gasteiger partial charge is 0.224 e. The van der Waals surface area contributed by atoms with E-state index in [-0.39, 0.29) is 5.91 Å². The van der Waals surface area contributed by atoms with Crippen molar-refractivity contribution in [2.45, 2.75) is 19.8 Å². The normalized spacial score (nSPS) is 10.5. The quantitative estimate of drug-likeness (QED) is 0.586. The molecule has 3 nitrogen and oxygen atoms in total. The monoisotopic (exact) mass is 204 g/mol. The van der Waals surface area contributed by atoms with Crippen molar-refractivity contribution in [3.05, 3.63) is 42.2 Å². The van der Waals surface area contributed by atoms with Gasteiger partial charge in [0.25, 0.3) is 0 Å². The van der Waals surface area contributed by atoms with Crippen LogP contribution >= 0.6 is 0 Å². The van der Waals surface area contributed by atoms with Gasteiger partial charge in [0.2, 0.25) is 5.91 Å². The predicted molar refractivity (Wildman–Crippen MR) is 60.4 cm³/mol. The number of amides is 1. The van der Waals surface area contributed by atoms with Crippen molar-refractivity contribution < 1.29 is 4.79 Å². The van der Waals surface area contributed by atoms with E-state index >= 15 is 0 Å². The molecule has 0 fully saturated rings. The molecule has 1 aromatic rings. The second-order valence-electron chi connectivity index (χ2n) is 3.24. The van der Waals surface area contributed by atoms with Crippen molar-refractivity contribution in [1.29, 1.82) is 0 Å². The van der Waals surface area contributed by atoms with Crippen LogP contribution in [0.3, 0.4) is 0 Å². The topological polar surface area (TPSA) is 42.0 Å². The molecule has 0 radical (unpaired) electrons. The number of carbonyl (C=O) groups excluding carboxylic acids is 1. The van der Waals surface area contributed by atoms with E-state index in [0.717, 1.165) is 12.0 Å². The van der Waals surface area contributed by atoms with Crippen LogP contribution in [0.1, 0.15) is 18.9 Å². The molecule has 3 heteroatoms. The van der Waals surface area contributed by atoms with E-state index in [9.17, 15) is 4.79 Å². The minimum Gasteiger partial charge on any atom is -0.356 e. The number of hydrogen-bond donors (Lipinski definition) is 1. The molecule has 0 saturated carbocycles. The summed E-state index contributed by atoms with van der Waals surface area (Å²) in [6.45, 7) is 2.67. The molecule has 1 aromatic heterocycles. The molecule has 0 unspecified atom stereocenters. The van der Waals surface area contributed by atoms with Gasteiger partial charge in [-0.3, -0.25) is 9.78 Å². The number of pyridine rings is 1. The summed E-state index contributed by atoms with van der Waals surface area (Å²) in [5.74, 6) is 0.0608. The van der Waals surface area contributed by atoms with Crippen LogP contribution in [0.15, 0.2) is 36.7 Å². The highest BCUT2D eigenvalue weighted by Crippen LogP contribution is 1.96. The molecule has 0 aliphatic rings. The summed E-state index contributed by atoms with van der Waals surface area (Å²) in [6, 6.07) is 3.71. The van der Waals surface area contributed by atoms with Crippen LogP contribution < -0.4 is 5.32 Å². The average molecular weight is 204 g/mol. The molecule has 1 rings (SSSR count).